The Kier molecular flexibility index (Phi) is 9.43. The average molecular weight is 516 g/mol. The SMILES string of the molecule is CCC(=O)O.COc1cc(S(=O)(=O)N2CCOc3ccc(/C=C(\C)C4CCCCC4)cc32)ccc1C. The molecule has 0 spiro atoms. The number of rotatable bonds is 6. The Bertz CT molecular complexity index is 1200. The fraction of sp³-hybridized carbons (Fsp3) is 0.464. The minimum atomic E-state index is -3.74. The summed E-state index contributed by atoms with van der Waals surface area (Å²) in [5.74, 6) is 1.04. The summed E-state index contributed by atoms with van der Waals surface area (Å²) in [5, 5.41) is 7.72. The van der Waals surface area contributed by atoms with E-state index in [9.17, 15) is 13.2 Å². The fourth-order valence-corrected chi connectivity index (χ4v) is 6.04. The van der Waals surface area contributed by atoms with Crippen LogP contribution in [0.1, 0.15) is 63.5 Å². The highest BCUT2D eigenvalue weighted by Crippen LogP contribution is 2.38. The van der Waals surface area contributed by atoms with Crippen molar-refractivity contribution in [2.45, 2.75) is 64.2 Å². The lowest BCUT2D eigenvalue weighted by Crippen LogP contribution is -2.38. The molecule has 2 aliphatic rings. The number of fused-ring (bicyclic) bond motifs is 1. The third kappa shape index (κ3) is 6.60. The van der Waals surface area contributed by atoms with Gasteiger partial charge in [0.2, 0.25) is 0 Å². The number of benzene rings is 2. The molecule has 2 aromatic rings. The van der Waals surface area contributed by atoms with E-state index in [1.807, 2.05) is 25.1 Å². The zero-order chi connectivity index (χ0) is 26.3. The van der Waals surface area contributed by atoms with Crippen molar-refractivity contribution in [3.8, 4) is 11.5 Å². The topological polar surface area (TPSA) is 93.1 Å². The van der Waals surface area contributed by atoms with Gasteiger partial charge in [-0.05, 0) is 61.9 Å². The van der Waals surface area contributed by atoms with E-state index in [1.54, 1.807) is 32.2 Å². The maximum absolute atomic E-state index is 13.5. The summed E-state index contributed by atoms with van der Waals surface area (Å²) in [5.41, 5.74) is 3.87. The zero-order valence-corrected chi connectivity index (χ0v) is 22.4. The number of hydrogen-bond donors (Lipinski definition) is 1. The van der Waals surface area contributed by atoms with E-state index in [0.29, 0.717) is 29.7 Å². The van der Waals surface area contributed by atoms with Crippen molar-refractivity contribution >= 4 is 27.8 Å². The first-order valence-corrected chi connectivity index (χ1v) is 14.0. The van der Waals surface area contributed by atoms with Gasteiger partial charge in [0, 0.05) is 12.5 Å². The van der Waals surface area contributed by atoms with Crippen LogP contribution in [0.15, 0.2) is 46.9 Å². The van der Waals surface area contributed by atoms with Gasteiger partial charge in [0.05, 0.1) is 24.2 Å². The van der Waals surface area contributed by atoms with Crippen LogP contribution in [0.5, 0.6) is 11.5 Å². The standard InChI is InChI=1S/C25H31NO4S.C3H6O2/c1-18-9-11-22(17-25(18)29-3)31(27,28)26-13-14-30-24-12-10-20(16-23(24)26)15-19(2)21-7-5-4-6-8-21;1-2-3(4)5/h9-12,15-17,21H,4-8,13-14H2,1-3H3;2H2,1H3,(H,4,5)/b19-15+;. The van der Waals surface area contributed by atoms with Crippen LogP contribution < -0.4 is 13.8 Å². The molecule has 0 radical (unpaired) electrons. The van der Waals surface area contributed by atoms with E-state index in [1.165, 1.54) is 42.0 Å². The number of sulfonamides is 1. The van der Waals surface area contributed by atoms with Crippen molar-refractivity contribution in [3.05, 3.63) is 53.1 Å². The van der Waals surface area contributed by atoms with Gasteiger partial charge in [-0.2, -0.15) is 0 Å². The molecule has 1 aliphatic carbocycles. The van der Waals surface area contributed by atoms with E-state index in [2.05, 4.69) is 13.0 Å². The van der Waals surface area contributed by atoms with E-state index < -0.39 is 16.0 Å². The second kappa shape index (κ2) is 12.3. The van der Waals surface area contributed by atoms with Crippen LogP contribution in [0.2, 0.25) is 0 Å². The molecular formula is C28H37NO6S. The van der Waals surface area contributed by atoms with Gasteiger partial charge in [0.25, 0.3) is 10.0 Å². The number of hydrogen-bond acceptors (Lipinski definition) is 5. The number of aryl methyl sites for hydroxylation is 1. The number of carboxylic acid groups (broad SMARTS) is 1. The number of aliphatic carboxylic acids is 1. The van der Waals surface area contributed by atoms with Gasteiger partial charge in [-0.1, -0.05) is 50.0 Å². The normalized spacial score (nSPS) is 16.3. The minimum Gasteiger partial charge on any atom is -0.496 e. The van der Waals surface area contributed by atoms with Crippen LogP contribution in [0.25, 0.3) is 6.08 Å². The number of anilines is 1. The predicted octanol–water partition coefficient (Wildman–Crippen LogP) is 6.06. The molecule has 0 aromatic heterocycles. The molecule has 1 saturated carbocycles. The molecule has 2 aromatic carbocycles. The van der Waals surface area contributed by atoms with Crippen LogP contribution in [0.4, 0.5) is 5.69 Å². The highest BCUT2D eigenvalue weighted by atomic mass is 32.2. The van der Waals surface area contributed by atoms with Crippen molar-refractivity contribution in [1.29, 1.82) is 0 Å². The van der Waals surface area contributed by atoms with Crippen molar-refractivity contribution in [2.75, 3.05) is 24.6 Å². The quantitative estimate of drug-likeness (QED) is 0.503. The molecule has 0 bridgehead atoms. The largest absolute Gasteiger partial charge is 0.496 e. The van der Waals surface area contributed by atoms with Crippen LogP contribution in [0.3, 0.4) is 0 Å². The molecule has 1 heterocycles. The lowest BCUT2D eigenvalue weighted by molar-refractivity contribution is -0.136. The molecule has 0 saturated heterocycles. The maximum Gasteiger partial charge on any atom is 0.303 e. The Balaban J connectivity index is 0.000000658. The summed E-state index contributed by atoms with van der Waals surface area (Å²) in [7, 11) is -2.19. The second-order valence-electron chi connectivity index (χ2n) is 9.25. The van der Waals surface area contributed by atoms with E-state index in [4.69, 9.17) is 14.6 Å². The number of carboxylic acids is 1. The van der Waals surface area contributed by atoms with Crippen LogP contribution in [-0.4, -0.2) is 39.8 Å². The first-order valence-electron chi connectivity index (χ1n) is 12.5. The van der Waals surface area contributed by atoms with Crippen molar-refractivity contribution < 1.29 is 27.8 Å². The molecule has 7 nitrogen and oxygen atoms in total. The first kappa shape index (κ1) is 27.6. The summed E-state index contributed by atoms with van der Waals surface area (Å²) < 4.78 is 39.6. The van der Waals surface area contributed by atoms with Gasteiger partial charge in [-0.3, -0.25) is 9.10 Å². The zero-order valence-electron chi connectivity index (χ0n) is 21.6. The third-order valence-electron chi connectivity index (χ3n) is 6.72. The van der Waals surface area contributed by atoms with Crippen LogP contribution in [0, 0.1) is 12.8 Å². The van der Waals surface area contributed by atoms with Gasteiger partial charge in [0.15, 0.2) is 0 Å². The molecule has 1 aliphatic heterocycles. The number of methoxy groups -OCH3 is 1. The van der Waals surface area contributed by atoms with Crippen molar-refractivity contribution in [2.24, 2.45) is 5.92 Å². The molecule has 0 atom stereocenters. The Morgan fingerprint density at radius 3 is 2.50 bits per heavy atom. The number of allylic oxidation sites excluding steroid dienone is 1. The van der Waals surface area contributed by atoms with Crippen LogP contribution in [-0.2, 0) is 14.8 Å². The van der Waals surface area contributed by atoms with Gasteiger partial charge in [0.1, 0.15) is 18.1 Å². The highest BCUT2D eigenvalue weighted by Gasteiger charge is 2.31. The molecule has 1 fully saturated rings. The first-order chi connectivity index (χ1) is 17.2. The lowest BCUT2D eigenvalue weighted by Gasteiger charge is -2.31. The van der Waals surface area contributed by atoms with E-state index in [0.717, 1.165) is 11.1 Å². The molecule has 196 valence electrons. The van der Waals surface area contributed by atoms with E-state index >= 15 is 0 Å². The fourth-order valence-electron chi connectivity index (χ4n) is 4.58. The predicted molar refractivity (Wildman–Crippen MR) is 142 cm³/mol. The van der Waals surface area contributed by atoms with Gasteiger partial charge in [-0.15, -0.1) is 0 Å². The highest BCUT2D eigenvalue weighted by molar-refractivity contribution is 7.92. The molecule has 4 rings (SSSR count). The van der Waals surface area contributed by atoms with Gasteiger partial charge >= 0.3 is 5.97 Å². The monoisotopic (exact) mass is 515 g/mol. The van der Waals surface area contributed by atoms with Gasteiger partial charge in [-0.25, -0.2) is 8.42 Å². The van der Waals surface area contributed by atoms with Gasteiger partial charge < -0.3 is 14.6 Å². The third-order valence-corrected chi connectivity index (χ3v) is 8.53. The smallest absolute Gasteiger partial charge is 0.303 e. The Morgan fingerprint density at radius 1 is 1.17 bits per heavy atom. The Morgan fingerprint density at radius 2 is 1.86 bits per heavy atom. The summed E-state index contributed by atoms with van der Waals surface area (Å²) >= 11 is 0. The summed E-state index contributed by atoms with van der Waals surface area (Å²) in [6.45, 7) is 6.29. The maximum atomic E-state index is 13.5. The minimum absolute atomic E-state index is 0.222. The Hall–Kier alpha value is -3.00. The number of carbonyl (C=O) groups is 1. The number of ether oxygens (including phenoxy) is 2. The molecule has 8 heteroatoms. The molecule has 1 N–H and O–H groups in total. The number of nitrogens with zero attached hydrogens (tertiary/aromatic N) is 1. The molecule has 36 heavy (non-hydrogen) atoms. The molecule has 0 unspecified atom stereocenters. The Labute approximate surface area is 214 Å². The molecule has 0 amide bonds. The second-order valence-corrected chi connectivity index (χ2v) is 11.1. The van der Waals surface area contributed by atoms with Crippen molar-refractivity contribution in [3.63, 3.8) is 0 Å². The summed E-state index contributed by atoms with van der Waals surface area (Å²) in [6, 6.07) is 10.8. The van der Waals surface area contributed by atoms with Crippen molar-refractivity contribution in [1.82, 2.24) is 0 Å². The van der Waals surface area contributed by atoms with E-state index in [-0.39, 0.29) is 17.9 Å². The lowest BCUT2D eigenvalue weighted by atomic mass is 9.84. The van der Waals surface area contributed by atoms with Crippen LogP contribution >= 0.6 is 0 Å². The average Bonchev–Trinajstić information content (AvgIpc) is 2.89. The molecular weight excluding hydrogens is 478 g/mol. The summed E-state index contributed by atoms with van der Waals surface area (Å²) in [6.07, 6.45) is 8.82. The summed E-state index contributed by atoms with van der Waals surface area (Å²) in [4.78, 5) is 9.59.